The Hall–Kier alpha value is -1.46. The summed E-state index contributed by atoms with van der Waals surface area (Å²) < 4.78 is 13.3. The molecule has 4 nitrogen and oxygen atoms in total. The molecule has 0 unspecified atom stereocenters. The van der Waals surface area contributed by atoms with Gasteiger partial charge in [0.1, 0.15) is 5.82 Å². The third-order valence-corrected chi connectivity index (χ3v) is 5.60. The lowest BCUT2D eigenvalue weighted by Crippen LogP contribution is -2.52. The predicted octanol–water partition coefficient (Wildman–Crippen LogP) is 2.73. The van der Waals surface area contributed by atoms with Gasteiger partial charge in [-0.25, -0.2) is 4.39 Å². The summed E-state index contributed by atoms with van der Waals surface area (Å²) in [5.74, 6) is -0.106. The molecule has 0 radical (unpaired) electrons. The zero-order valence-electron chi connectivity index (χ0n) is 15.3. The number of benzene rings is 1. The highest BCUT2D eigenvalue weighted by atomic mass is 19.1. The minimum atomic E-state index is -0.246. The Balaban J connectivity index is 1.47. The molecule has 2 fully saturated rings. The van der Waals surface area contributed by atoms with Gasteiger partial charge in [-0.2, -0.15) is 0 Å². The summed E-state index contributed by atoms with van der Waals surface area (Å²) in [7, 11) is 0. The van der Waals surface area contributed by atoms with Gasteiger partial charge in [0.25, 0.3) is 0 Å². The Morgan fingerprint density at radius 2 is 1.92 bits per heavy atom. The van der Waals surface area contributed by atoms with Crippen LogP contribution >= 0.6 is 0 Å². The van der Waals surface area contributed by atoms with E-state index in [0.717, 1.165) is 37.8 Å². The number of halogens is 1. The third kappa shape index (κ3) is 5.02. The van der Waals surface area contributed by atoms with Gasteiger partial charge in [-0.3, -0.25) is 14.6 Å². The molecule has 1 saturated carbocycles. The molecule has 1 saturated heterocycles. The van der Waals surface area contributed by atoms with Crippen LogP contribution in [0.1, 0.15) is 38.2 Å². The van der Waals surface area contributed by atoms with Crippen molar-refractivity contribution in [2.75, 3.05) is 39.3 Å². The van der Waals surface area contributed by atoms with Crippen molar-refractivity contribution >= 4 is 5.91 Å². The van der Waals surface area contributed by atoms with Crippen molar-refractivity contribution in [3.63, 3.8) is 0 Å². The molecular formula is C20H30FN3O. The largest absolute Gasteiger partial charge is 0.338 e. The fourth-order valence-electron chi connectivity index (χ4n) is 4.08. The Morgan fingerprint density at radius 3 is 2.56 bits per heavy atom. The van der Waals surface area contributed by atoms with Crippen molar-refractivity contribution in [2.45, 2.75) is 45.2 Å². The summed E-state index contributed by atoms with van der Waals surface area (Å²) in [6.45, 7) is 7.69. The van der Waals surface area contributed by atoms with E-state index in [-0.39, 0.29) is 11.7 Å². The van der Waals surface area contributed by atoms with Crippen LogP contribution in [0.5, 0.6) is 0 Å². The fourth-order valence-corrected chi connectivity index (χ4v) is 4.08. The molecule has 25 heavy (non-hydrogen) atoms. The molecule has 1 aliphatic carbocycles. The number of amides is 1. The zero-order valence-corrected chi connectivity index (χ0v) is 15.3. The maximum absolute atomic E-state index is 13.3. The first-order valence-corrected chi connectivity index (χ1v) is 9.64. The van der Waals surface area contributed by atoms with Gasteiger partial charge in [-0.05, 0) is 37.5 Å². The van der Waals surface area contributed by atoms with Gasteiger partial charge in [-0.1, -0.05) is 25.0 Å². The number of nitrogens with zero attached hydrogens (tertiary/aromatic N) is 3. The van der Waals surface area contributed by atoms with Gasteiger partial charge in [-0.15, -0.1) is 0 Å². The summed E-state index contributed by atoms with van der Waals surface area (Å²) in [4.78, 5) is 19.3. The number of rotatable bonds is 6. The lowest BCUT2D eigenvalue weighted by molar-refractivity contribution is -0.133. The summed E-state index contributed by atoms with van der Waals surface area (Å²) in [6.07, 6.45) is 5.43. The van der Waals surface area contributed by atoms with Crippen molar-refractivity contribution in [3.05, 3.63) is 35.6 Å². The maximum Gasteiger partial charge on any atom is 0.237 e. The van der Waals surface area contributed by atoms with Crippen molar-refractivity contribution in [2.24, 2.45) is 0 Å². The molecule has 0 bridgehead atoms. The standard InChI is InChI=1S/C20H30FN3O/c1-2-23(15-17-6-5-7-18(21)14-17)20(25)16-22-10-12-24(13-11-22)19-8-3-4-9-19/h5-7,14,19H,2-4,8-13,15-16H2,1H3. The number of carbonyl (C=O) groups is 1. The number of carbonyl (C=O) groups excluding carboxylic acids is 1. The fraction of sp³-hybridized carbons (Fsp3) is 0.650. The van der Waals surface area contributed by atoms with Crippen LogP contribution in [0, 0.1) is 5.82 Å². The quantitative estimate of drug-likeness (QED) is 0.792. The SMILES string of the molecule is CCN(Cc1cccc(F)c1)C(=O)CN1CCN(C2CCCC2)CC1. The van der Waals surface area contributed by atoms with Crippen molar-refractivity contribution in [3.8, 4) is 0 Å². The van der Waals surface area contributed by atoms with E-state index >= 15 is 0 Å². The lowest BCUT2D eigenvalue weighted by Gasteiger charge is -2.38. The molecule has 5 heteroatoms. The molecule has 1 amide bonds. The number of piperazine rings is 1. The monoisotopic (exact) mass is 347 g/mol. The average Bonchev–Trinajstić information content (AvgIpc) is 3.15. The first kappa shape index (κ1) is 18.3. The number of likely N-dealkylation sites (N-methyl/N-ethyl adjacent to an activating group) is 1. The topological polar surface area (TPSA) is 26.8 Å². The summed E-state index contributed by atoms with van der Waals surface area (Å²) in [5.41, 5.74) is 0.848. The average molecular weight is 347 g/mol. The van der Waals surface area contributed by atoms with E-state index in [2.05, 4.69) is 9.80 Å². The Kier molecular flexibility index (Phi) is 6.43. The van der Waals surface area contributed by atoms with Crippen LogP contribution in [0.15, 0.2) is 24.3 Å². The summed E-state index contributed by atoms with van der Waals surface area (Å²) in [5, 5.41) is 0. The maximum atomic E-state index is 13.3. The van der Waals surface area contributed by atoms with Crippen LogP contribution in [-0.2, 0) is 11.3 Å². The minimum absolute atomic E-state index is 0.140. The highest BCUT2D eigenvalue weighted by Crippen LogP contribution is 2.24. The first-order chi connectivity index (χ1) is 12.2. The van der Waals surface area contributed by atoms with E-state index in [1.54, 1.807) is 6.07 Å². The Labute approximate surface area is 150 Å². The normalized spacial score (nSPS) is 20.1. The van der Waals surface area contributed by atoms with E-state index in [1.165, 1.54) is 37.8 Å². The van der Waals surface area contributed by atoms with Gasteiger partial charge in [0.05, 0.1) is 6.54 Å². The van der Waals surface area contributed by atoms with Gasteiger partial charge >= 0.3 is 0 Å². The lowest BCUT2D eigenvalue weighted by atomic mass is 10.1. The summed E-state index contributed by atoms with van der Waals surface area (Å²) in [6, 6.07) is 7.30. The predicted molar refractivity (Wildman–Crippen MR) is 97.8 cm³/mol. The zero-order chi connectivity index (χ0) is 17.6. The number of hydrogen-bond donors (Lipinski definition) is 0. The molecule has 0 atom stereocenters. The van der Waals surface area contributed by atoms with E-state index < -0.39 is 0 Å². The molecule has 1 aliphatic heterocycles. The van der Waals surface area contributed by atoms with E-state index in [9.17, 15) is 9.18 Å². The van der Waals surface area contributed by atoms with E-state index in [1.807, 2.05) is 17.9 Å². The first-order valence-electron chi connectivity index (χ1n) is 9.64. The summed E-state index contributed by atoms with van der Waals surface area (Å²) >= 11 is 0. The second kappa shape index (κ2) is 8.77. The second-order valence-electron chi connectivity index (χ2n) is 7.29. The van der Waals surface area contributed by atoms with Gasteiger partial charge in [0.15, 0.2) is 0 Å². The smallest absolute Gasteiger partial charge is 0.237 e. The van der Waals surface area contributed by atoms with Gasteiger partial charge in [0, 0.05) is 45.3 Å². The van der Waals surface area contributed by atoms with Gasteiger partial charge in [0.2, 0.25) is 5.91 Å². The second-order valence-corrected chi connectivity index (χ2v) is 7.29. The van der Waals surface area contributed by atoms with Crippen LogP contribution in [-0.4, -0.2) is 65.9 Å². The van der Waals surface area contributed by atoms with Crippen molar-refractivity contribution in [1.29, 1.82) is 0 Å². The molecule has 138 valence electrons. The van der Waals surface area contributed by atoms with Crippen LogP contribution in [0.4, 0.5) is 4.39 Å². The van der Waals surface area contributed by atoms with E-state index in [4.69, 9.17) is 0 Å². The third-order valence-electron chi connectivity index (χ3n) is 5.60. The molecule has 0 aromatic heterocycles. The molecule has 2 aliphatic rings. The van der Waals surface area contributed by atoms with Crippen molar-refractivity contribution in [1.82, 2.24) is 14.7 Å². The molecule has 0 N–H and O–H groups in total. The van der Waals surface area contributed by atoms with Crippen LogP contribution in [0.2, 0.25) is 0 Å². The van der Waals surface area contributed by atoms with Crippen LogP contribution in [0.25, 0.3) is 0 Å². The van der Waals surface area contributed by atoms with E-state index in [0.29, 0.717) is 19.6 Å². The Morgan fingerprint density at radius 1 is 1.20 bits per heavy atom. The minimum Gasteiger partial charge on any atom is -0.338 e. The highest BCUT2D eigenvalue weighted by Gasteiger charge is 2.27. The molecule has 3 rings (SSSR count). The van der Waals surface area contributed by atoms with Crippen LogP contribution in [0.3, 0.4) is 0 Å². The molecule has 0 spiro atoms. The molecule has 1 heterocycles. The van der Waals surface area contributed by atoms with Crippen molar-refractivity contribution < 1.29 is 9.18 Å². The molecule has 1 aromatic rings. The van der Waals surface area contributed by atoms with Crippen LogP contribution < -0.4 is 0 Å². The van der Waals surface area contributed by atoms with Gasteiger partial charge < -0.3 is 4.90 Å². The molecule has 1 aromatic carbocycles. The number of hydrogen-bond acceptors (Lipinski definition) is 3. The Bertz CT molecular complexity index is 566. The highest BCUT2D eigenvalue weighted by molar-refractivity contribution is 5.78. The molecular weight excluding hydrogens is 317 g/mol.